The number of nitrogens with zero attached hydrogens (tertiary/aromatic N) is 3. The van der Waals surface area contributed by atoms with Crippen LogP contribution in [-0.4, -0.2) is 54.8 Å². The van der Waals surface area contributed by atoms with Crippen molar-refractivity contribution in [3.63, 3.8) is 0 Å². The maximum absolute atomic E-state index is 12.8. The molecule has 2 aromatic carbocycles. The molecule has 8 heteroatoms. The zero-order chi connectivity index (χ0) is 38.3. The van der Waals surface area contributed by atoms with Crippen LogP contribution in [0.25, 0.3) is 21.0 Å². The first-order chi connectivity index (χ1) is 27.1. The summed E-state index contributed by atoms with van der Waals surface area (Å²) in [6, 6.07) is 18.1. The molecule has 5 rings (SSSR count). The largest absolute Gasteiger partial charge is 0.494 e. The summed E-state index contributed by atoms with van der Waals surface area (Å²) in [6.07, 6.45) is 26.2. The van der Waals surface area contributed by atoms with E-state index in [4.69, 9.17) is 9.47 Å². The molecular formula is C47H69N3O4S. The van der Waals surface area contributed by atoms with E-state index in [1.165, 1.54) is 129 Å². The van der Waals surface area contributed by atoms with Crippen LogP contribution in [0.2, 0.25) is 0 Å². The van der Waals surface area contributed by atoms with Gasteiger partial charge in [-0.3, -0.25) is 19.1 Å². The maximum atomic E-state index is 12.8. The number of ether oxygens (including phenoxy) is 2. The normalized spacial score (nSPS) is 13.6. The molecule has 55 heavy (non-hydrogen) atoms. The van der Waals surface area contributed by atoms with E-state index in [1.54, 1.807) is 0 Å². The third-order valence-electron chi connectivity index (χ3n) is 11.4. The van der Waals surface area contributed by atoms with Crippen molar-refractivity contribution in [3.05, 3.63) is 70.3 Å². The molecule has 4 aromatic rings. The zero-order valence-corrected chi connectivity index (χ0v) is 34.8. The lowest BCUT2D eigenvalue weighted by molar-refractivity contribution is -0.147. The fourth-order valence-corrected chi connectivity index (χ4v) is 8.77. The van der Waals surface area contributed by atoms with Crippen LogP contribution in [0.3, 0.4) is 0 Å². The molecule has 0 bridgehead atoms. The van der Waals surface area contributed by atoms with Crippen LogP contribution in [-0.2, 0) is 16.3 Å². The minimum absolute atomic E-state index is 0.0762. The van der Waals surface area contributed by atoms with Crippen molar-refractivity contribution in [1.29, 1.82) is 0 Å². The number of thiophene rings is 1. The molecule has 1 aliphatic rings. The highest BCUT2D eigenvalue weighted by molar-refractivity contribution is 7.17. The maximum Gasteiger partial charge on any atom is 0.307 e. The van der Waals surface area contributed by atoms with Gasteiger partial charge < -0.3 is 14.4 Å². The first-order valence-electron chi connectivity index (χ1n) is 22.0. The Bertz CT molecular complexity index is 1730. The second-order valence-electron chi connectivity index (χ2n) is 15.7. The summed E-state index contributed by atoms with van der Waals surface area (Å²) < 4.78 is 14.6. The van der Waals surface area contributed by atoms with Gasteiger partial charge in [0.25, 0.3) is 5.56 Å². The van der Waals surface area contributed by atoms with Crippen molar-refractivity contribution in [2.75, 3.05) is 44.2 Å². The van der Waals surface area contributed by atoms with Crippen molar-refractivity contribution < 1.29 is 14.3 Å². The Labute approximate surface area is 335 Å². The number of anilines is 1. The number of fused-ring (bicyclic) bond motifs is 2. The molecule has 0 atom stereocenters. The van der Waals surface area contributed by atoms with E-state index in [9.17, 15) is 9.59 Å². The second-order valence-corrected chi connectivity index (χ2v) is 16.7. The summed E-state index contributed by atoms with van der Waals surface area (Å²) in [4.78, 5) is 30.5. The highest BCUT2D eigenvalue weighted by atomic mass is 32.1. The molecule has 7 nitrogen and oxygen atoms in total. The number of aromatic nitrogens is 1. The van der Waals surface area contributed by atoms with Gasteiger partial charge >= 0.3 is 5.97 Å². The molecule has 302 valence electrons. The standard InChI is InChI=1S/C47H69N3O4S/c1-2-3-4-5-6-7-8-9-10-11-12-13-14-15-16-17-18-19-25-47(52)54-39-50-44-38-41(28-26-40(44)27-29-46(50)51)53-36-21-20-31-48-32-34-49(35-33-48)43-23-22-24-45-42(43)30-37-55-45/h22-24,26-30,37-38H,2-21,25,31-36,39H2,1H3. The number of benzene rings is 2. The van der Waals surface area contributed by atoms with Crippen molar-refractivity contribution in [2.45, 2.75) is 148 Å². The van der Waals surface area contributed by atoms with E-state index >= 15 is 0 Å². The predicted molar refractivity (Wildman–Crippen MR) is 233 cm³/mol. The quantitative estimate of drug-likeness (QED) is 0.0423. The fraction of sp³-hybridized carbons (Fsp3) is 0.617. The van der Waals surface area contributed by atoms with Crippen LogP contribution in [0.15, 0.2) is 64.8 Å². The Morgan fingerprint density at radius 1 is 0.691 bits per heavy atom. The monoisotopic (exact) mass is 772 g/mol. The third-order valence-corrected chi connectivity index (χ3v) is 12.3. The lowest BCUT2D eigenvalue weighted by Gasteiger charge is -2.36. The number of carbonyl (C=O) groups excluding carboxylic acids is 1. The van der Waals surface area contributed by atoms with Crippen molar-refractivity contribution in [1.82, 2.24) is 9.47 Å². The molecule has 0 aliphatic carbocycles. The Morgan fingerprint density at radius 2 is 1.33 bits per heavy atom. The van der Waals surface area contributed by atoms with Gasteiger partial charge in [-0.2, -0.15) is 0 Å². The molecule has 1 aliphatic heterocycles. The van der Waals surface area contributed by atoms with Gasteiger partial charge in [0.15, 0.2) is 6.73 Å². The summed E-state index contributed by atoms with van der Waals surface area (Å²) in [6.45, 7) is 8.16. The fourth-order valence-electron chi connectivity index (χ4n) is 7.96. The summed E-state index contributed by atoms with van der Waals surface area (Å²) in [5, 5.41) is 4.47. The van der Waals surface area contributed by atoms with E-state index < -0.39 is 0 Å². The minimum atomic E-state index is -0.242. The Kier molecular flexibility index (Phi) is 19.4. The van der Waals surface area contributed by atoms with Crippen molar-refractivity contribution >= 4 is 44.0 Å². The van der Waals surface area contributed by atoms with Crippen molar-refractivity contribution in [3.8, 4) is 5.75 Å². The minimum Gasteiger partial charge on any atom is -0.494 e. The van der Waals surface area contributed by atoms with Crippen LogP contribution in [0.4, 0.5) is 5.69 Å². The first-order valence-corrected chi connectivity index (χ1v) is 22.9. The lowest BCUT2D eigenvalue weighted by Crippen LogP contribution is -2.46. The summed E-state index contributed by atoms with van der Waals surface area (Å²) in [5.41, 5.74) is 1.90. The van der Waals surface area contributed by atoms with Gasteiger partial charge in [-0.25, -0.2) is 0 Å². The lowest BCUT2D eigenvalue weighted by atomic mass is 10.0. The number of carbonyl (C=O) groups is 1. The molecule has 0 saturated carbocycles. The number of unbranched alkanes of at least 4 members (excludes halogenated alkanes) is 18. The molecule has 0 N–H and O–H groups in total. The summed E-state index contributed by atoms with van der Waals surface area (Å²) in [5.74, 6) is 0.488. The number of rotatable bonds is 28. The van der Waals surface area contributed by atoms with E-state index in [1.807, 2.05) is 35.6 Å². The molecule has 2 aromatic heterocycles. The van der Waals surface area contributed by atoms with Crippen LogP contribution in [0.5, 0.6) is 5.75 Å². The van der Waals surface area contributed by atoms with Gasteiger partial charge in [0, 0.05) is 60.5 Å². The third kappa shape index (κ3) is 14.9. The van der Waals surface area contributed by atoms with E-state index in [0.29, 0.717) is 13.0 Å². The van der Waals surface area contributed by atoms with Gasteiger partial charge in [-0.05, 0) is 73.0 Å². The number of piperazine rings is 1. The van der Waals surface area contributed by atoms with E-state index in [2.05, 4.69) is 46.4 Å². The molecule has 1 saturated heterocycles. The van der Waals surface area contributed by atoms with E-state index in [0.717, 1.165) is 75.1 Å². The highest BCUT2D eigenvalue weighted by Gasteiger charge is 2.18. The summed E-state index contributed by atoms with van der Waals surface area (Å²) >= 11 is 1.81. The molecule has 3 heterocycles. The average molecular weight is 772 g/mol. The van der Waals surface area contributed by atoms with Crippen molar-refractivity contribution in [2.24, 2.45) is 0 Å². The van der Waals surface area contributed by atoms with Gasteiger partial charge in [0.1, 0.15) is 5.75 Å². The predicted octanol–water partition coefficient (Wildman–Crippen LogP) is 12.1. The van der Waals surface area contributed by atoms with Gasteiger partial charge in [-0.15, -0.1) is 11.3 Å². The van der Waals surface area contributed by atoms with Crippen LogP contribution < -0.4 is 15.2 Å². The Morgan fingerprint density at radius 3 is 2.00 bits per heavy atom. The molecule has 0 radical (unpaired) electrons. The number of esters is 1. The second kappa shape index (κ2) is 25.0. The SMILES string of the molecule is CCCCCCCCCCCCCCCCCCCCC(=O)OCn1c(=O)ccc2ccc(OCCCCN3CCN(c4cccc5sccc45)CC3)cc21. The van der Waals surface area contributed by atoms with Crippen LogP contribution >= 0.6 is 11.3 Å². The smallest absolute Gasteiger partial charge is 0.307 e. The van der Waals surface area contributed by atoms with Gasteiger partial charge in [0.05, 0.1) is 12.1 Å². The molecule has 1 fully saturated rings. The molecule has 0 amide bonds. The average Bonchev–Trinajstić information content (AvgIpc) is 3.70. The highest BCUT2D eigenvalue weighted by Crippen LogP contribution is 2.31. The molecule has 0 unspecified atom stereocenters. The van der Waals surface area contributed by atoms with Crippen LogP contribution in [0, 0.1) is 0 Å². The first kappa shape index (κ1) is 42.8. The summed E-state index contributed by atoms with van der Waals surface area (Å²) in [7, 11) is 0. The van der Waals surface area contributed by atoms with Gasteiger partial charge in [-0.1, -0.05) is 122 Å². The Balaban J connectivity index is 0.891. The molecular weight excluding hydrogens is 703 g/mol. The topological polar surface area (TPSA) is 64.0 Å². The van der Waals surface area contributed by atoms with Gasteiger partial charge in [0.2, 0.25) is 0 Å². The Hall–Kier alpha value is -3.36. The zero-order valence-electron chi connectivity index (χ0n) is 34.0. The number of hydrogen-bond donors (Lipinski definition) is 0. The van der Waals surface area contributed by atoms with Crippen LogP contribution in [0.1, 0.15) is 142 Å². The number of hydrogen-bond acceptors (Lipinski definition) is 7. The van der Waals surface area contributed by atoms with E-state index in [-0.39, 0.29) is 18.3 Å². The molecule has 0 spiro atoms. The number of pyridine rings is 1.